The SMILES string of the molecule is c1ccc(N2c3cccc4c3B(c3ccccc3N4c3cccc4c3C3(CCCCC3)c3ccccc3-4)c3c2ccc2c3-c3ccccc3C23CCCCC3)cc1. The van der Waals surface area contributed by atoms with Gasteiger partial charge in [0, 0.05) is 39.3 Å². The Balaban J connectivity index is 1.12. The number of rotatable bonds is 2. The van der Waals surface area contributed by atoms with Crippen molar-refractivity contribution in [1.29, 1.82) is 0 Å². The lowest BCUT2D eigenvalue weighted by molar-refractivity contribution is 0.353. The first-order chi connectivity index (χ1) is 28.3. The molecule has 57 heavy (non-hydrogen) atoms. The summed E-state index contributed by atoms with van der Waals surface area (Å²) in [4.78, 5) is 5.29. The summed E-state index contributed by atoms with van der Waals surface area (Å²) in [6.45, 7) is 0.0953. The van der Waals surface area contributed by atoms with Gasteiger partial charge in [-0.1, -0.05) is 148 Å². The van der Waals surface area contributed by atoms with E-state index in [1.54, 1.807) is 22.3 Å². The van der Waals surface area contributed by atoms with Crippen molar-refractivity contribution in [2.75, 3.05) is 9.80 Å². The highest BCUT2D eigenvalue weighted by Gasteiger charge is 2.52. The largest absolute Gasteiger partial charge is 0.311 e. The van der Waals surface area contributed by atoms with E-state index in [0.717, 1.165) is 0 Å². The van der Waals surface area contributed by atoms with E-state index in [1.165, 1.54) is 137 Å². The van der Waals surface area contributed by atoms with Gasteiger partial charge in [0.15, 0.2) is 0 Å². The van der Waals surface area contributed by atoms with Crippen molar-refractivity contribution in [3.05, 3.63) is 174 Å². The van der Waals surface area contributed by atoms with Crippen molar-refractivity contribution < 1.29 is 0 Å². The van der Waals surface area contributed by atoms with Crippen LogP contribution >= 0.6 is 0 Å². The second-order valence-electron chi connectivity index (χ2n) is 17.7. The zero-order valence-corrected chi connectivity index (χ0v) is 32.5. The van der Waals surface area contributed by atoms with Crippen LogP contribution in [0.2, 0.25) is 0 Å². The monoisotopic (exact) mass is 732 g/mol. The predicted octanol–water partition coefficient (Wildman–Crippen LogP) is 12.2. The van der Waals surface area contributed by atoms with Gasteiger partial charge in [-0.25, -0.2) is 0 Å². The molecule has 0 saturated heterocycles. The highest BCUT2D eigenvalue weighted by molar-refractivity contribution is 7.01. The Hall–Kier alpha value is -5.80. The fraction of sp³-hybridized carbons (Fsp3) is 0.222. The normalized spacial score (nSPS) is 18.4. The number of hydrogen-bond acceptors (Lipinski definition) is 2. The third-order valence-electron chi connectivity index (χ3n) is 15.2. The van der Waals surface area contributed by atoms with Crippen LogP contribution in [-0.2, 0) is 10.8 Å². The molecule has 0 N–H and O–H groups in total. The van der Waals surface area contributed by atoms with E-state index in [-0.39, 0.29) is 17.5 Å². The van der Waals surface area contributed by atoms with Crippen LogP contribution in [0.5, 0.6) is 0 Å². The van der Waals surface area contributed by atoms with Gasteiger partial charge in [0.1, 0.15) is 0 Å². The average molecular weight is 733 g/mol. The van der Waals surface area contributed by atoms with Crippen LogP contribution in [-0.4, -0.2) is 6.71 Å². The molecule has 0 aromatic heterocycles. The molecule has 7 aromatic carbocycles. The smallest absolute Gasteiger partial charge is 0.252 e. The van der Waals surface area contributed by atoms with E-state index in [9.17, 15) is 0 Å². The Morgan fingerprint density at radius 3 is 1.72 bits per heavy atom. The molecular weight excluding hydrogens is 687 g/mol. The molecule has 274 valence electrons. The molecule has 0 bridgehead atoms. The predicted molar refractivity (Wildman–Crippen MR) is 239 cm³/mol. The zero-order valence-electron chi connectivity index (χ0n) is 32.5. The molecule has 13 rings (SSSR count). The Morgan fingerprint density at radius 2 is 0.930 bits per heavy atom. The van der Waals surface area contributed by atoms with E-state index in [2.05, 4.69) is 161 Å². The number of hydrogen-bond donors (Lipinski definition) is 0. The summed E-state index contributed by atoms with van der Waals surface area (Å²) in [6.07, 6.45) is 12.7. The Morgan fingerprint density at radius 1 is 0.368 bits per heavy atom. The lowest BCUT2D eigenvalue weighted by Gasteiger charge is -2.46. The van der Waals surface area contributed by atoms with Crippen molar-refractivity contribution in [2.45, 2.75) is 75.0 Å². The van der Waals surface area contributed by atoms with Gasteiger partial charge >= 0.3 is 0 Å². The highest BCUT2D eigenvalue weighted by atomic mass is 15.2. The first-order valence-electron chi connectivity index (χ1n) is 21.7. The Labute approximate surface area is 336 Å². The minimum atomic E-state index is 0.0307. The number of fused-ring (bicyclic) bond motifs is 15. The molecule has 0 radical (unpaired) electrons. The average Bonchev–Trinajstić information content (AvgIpc) is 3.70. The van der Waals surface area contributed by atoms with Crippen LogP contribution in [0, 0.1) is 0 Å². The molecule has 2 aliphatic heterocycles. The van der Waals surface area contributed by atoms with Crippen molar-refractivity contribution in [3.63, 3.8) is 0 Å². The number of anilines is 6. The molecule has 2 heterocycles. The van der Waals surface area contributed by atoms with E-state index in [0.29, 0.717) is 0 Å². The second-order valence-corrected chi connectivity index (χ2v) is 17.7. The van der Waals surface area contributed by atoms with Gasteiger partial charge in [0.2, 0.25) is 0 Å². The van der Waals surface area contributed by atoms with Crippen LogP contribution in [0.15, 0.2) is 152 Å². The summed E-state index contributed by atoms with van der Waals surface area (Å²) < 4.78 is 0. The molecule has 0 atom stereocenters. The summed E-state index contributed by atoms with van der Waals surface area (Å²) in [7, 11) is 0. The first kappa shape index (κ1) is 32.3. The molecule has 6 aliphatic rings. The summed E-state index contributed by atoms with van der Waals surface area (Å²) in [5.74, 6) is 0. The second kappa shape index (κ2) is 11.9. The maximum Gasteiger partial charge on any atom is 0.252 e. The molecule has 4 aliphatic carbocycles. The van der Waals surface area contributed by atoms with Gasteiger partial charge in [-0.3, -0.25) is 0 Å². The lowest BCUT2D eigenvalue weighted by Crippen LogP contribution is -2.62. The quantitative estimate of drug-likeness (QED) is 0.163. The Kier molecular flexibility index (Phi) is 6.73. The molecule has 2 nitrogen and oxygen atoms in total. The summed E-state index contributed by atoms with van der Waals surface area (Å²) in [6, 6.07) is 58.8. The van der Waals surface area contributed by atoms with Gasteiger partial charge in [0.25, 0.3) is 6.71 Å². The zero-order chi connectivity index (χ0) is 37.3. The summed E-state index contributed by atoms with van der Waals surface area (Å²) in [5, 5.41) is 0. The van der Waals surface area contributed by atoms with Gasteiger partial charge < -0.3 is 9.80 Å². The molecule has 3 heteroatoms. The van der Waals surface area contributed by atoms with Crippen LogP contribution < -0.4 is 26.2 Å². The van der Waals surface area contributed by atoms with Crippen LogP contribution in [0.25, 0.3) is 22.3 Å². The van der Waals surface area contributed by atoms with E-state index >= 15 is 0 Å². The van der Waals surface area contributed by atoms with Crippen molar-refractivity contribution >= 4 is 57.2 Å². The minimum Gasteiger partial charge on any atom is -0.311 e. The van der Waals surface area contributed by atoms with Gasteiger partial charge in [-0.2, -0.15) is 0 Å². The lowest BCUT2D eigenvalue weighted by atomic mass is 9.32. The van der Waals surface area contributed by atoms with E-state index < -0.39 is 0 Å². The van der Waals surface area contributed by atoms with Crippen LogP contribution in [0.1, 0.15) is 86.5 Å². The van der Waals surface area contributed by atoms with Crippen molar-refractivity contribution in [3.8, 4) is 22.3 Å². The number of benzene rings is 7. The standard InChI is InChI=1S/C54H45BN2/c1-4-18-36(19-5-1)56-46-28-17-29-47-51(46)55(52-48(56)31-30-42-49(52)39-21-7-9-24-41(39)53(42)32-12-2-13-33-53)43-25-10-11-26-44(43)57(47)45-27-16-22-38-37-20-6-8-23-40(37)54(50(38)45)34-14-3-15-35-54/h1,4-11,16-31H,2-3,12-15,32-35H2. The fourth-order valence-electron chi connectivity index (χ4n) is 13.1. The summed E-state index contributed by atoms with van der Waals surface area (Å²) >= 11 is 0. The van der Waals surface area contributed by atoms with Crippen molar-refractivity contribution in [2.24, 2.45) is 0 Å². The van der Waals surface area contributed by atoms with Gasteiger partial charge in [0.05, 0.1) is 5.69 Å². The molecule has 2 spiro atoms. The van der Waals surface area contributed by atoms with Crippen LogP contribution in [0.3, 0.4) is 0 Å². The number of nitrogens with zero attached hydrogens (tertiary/aromatic N) is 2. The molecule has 0 amide bonds. The minimum absolute atomic E-state index is 0.0307. The van der Waals surface area contributed by atoms with Gasteiger partial charge in [-0.05, 0) is 129 Å². The van der Waals surface area contributed by atoms with Crippen LogP contribution in [0.4, 0.5) is 34.1 Å². The third-order valence-corrected chi connectivity index (χ3v) is 15.2. The summed E-state index contributed by atoms with van der Waals surface area (Å²) in [5.41, 5.74) is 24.3. The maximum atomic E-state index is 2.69. The molecule has 0 unspecified atom stereocenters. The topological polar surface area (TPSA) is 6.48 Å². The highest BCUT2D eigenvalue weighted by Crippen LogP contribution is 2.61. The molecule has 2 fully saturated rings. The Bertz CT molecular complexity index is 2790. The van der Waals surface area contributed by atoms with Crippen molar-refractivity contribution in [1.82, 2.24) is 0 Å². The van der Waals surface area contributed by atoms with Gasteiger partial charge in [-0.15, -0.1) is 0 Å². The third kappa shape index (κ3) is 4.12. The molecular formula is C54H45BN2. The molecule has 7 aromatic rings. The molecule has 2 saturated carbocycles. The van der Waals surface area contributed by atoms with E-state index in [4.69, 9.17) is 0 Å². The fourth-order valence-corrected chi connectivity index (χ4v) is 13.1. The van der Waals surface area contributed by atoms with E-state index in [1.807, 2.05) is 0 Å². The first-order valence-corrected chi connectivity index (χ1v) is 21.7. The number of para-hydroxylation sites is 2. The maximum absolute atomic E-state index is 2.69.